The van der Waals surface area contributed by atoms with Crippen molar-refractivity contribution in [2.45, 2.75) is 47.0 Å². The van der Waals surface area contributed by atoms with Crippen molar-refractivity contribution in [3.8, 4) is 0 Å². The van der Waals surface area contributed by atoms with Gasteiger partial charge in [-0.25, -0.2) is 0 Å². The molecule has 0 aromatic heterocycles. The fourth-order valence-electron chi connectivity index (χ4n) is 2.49. The Balaban J connectivity index is 4.07. The Morgan fingerprint density at radius 3 is 2.12 bits per heavy atom. The molecule has 0 saturated heterocycles. The molecule has 0 fully saturated rings. The van der Waals surface area contributed by atoms with Crippen LogP contribution in [0.25, 0.3) is 0 Å². The Hall–Kier alpha value is -0.0800. The van der Waals surface area contributed by atoms with Crippen LogP contribution >= 0.6 is 0 Å². The second-order valence-corrected chi connectivity index (χ2v) is 5.40. The van der Waals surface area contributed by atoms with E-state index in [0.29, 0.717) is 30.3 Å². The van der Waals surface area contributed by atoms with Gasteiger partial charge in [-0.2, -0.15) is 0 Å². The smallest absolute Gasteiger partial charge is 0.0487 e. The highest BCUT2D eigenvalue weighted by atomic mass is 16.5. The molecule has 0 aromatic carbocycles. The quantitative estimate of drug-likeness (QED) is 0.658. The number of ether oxygens (including phenoxy) is 1. The molecule has 1 unspecified atom stereocenters. The van der Waals surface area contributed by atoms with Gasteiger partial charge in [0.15, 0.2) is 0 Å². The Labute approximate surface area is 101 Å². The van der Waals surface area contributed by atoms with Crippen LogP contribution in [0, 0.1) is 23.7 Å². The minimum Gasteiger partial charge on any atom is -0.396 e. The Bertz CT molecular complexity index is 157. The molecule has 0 aliphatic rings. The van der Waals surface area contributed by atoms with Gasteiger partial charge in [-0.05, 0) is 36.5 Å². The first-order chi connectivity index (χ1) is 7.56. The summed E-state index contributed by atoms with van der Waals surface area (Å²) < 4.78 is 5.15. The van der Waals surface area contributed by atoms with Gasteiger partial charge in [0.1, 0.15) is 0 Å². The van der Waals surface area contributed by atoms with Gasteiger partial charge in [0.05, 0.1) is 0 Å². The van der Waals surface area contributed by atoms with Crippen LogP contribution in [0.1, 0.15) is 47.0 Å². The van der Waals surface area contributed by atoms with E-state index in [9.17, 15) is 5.11 Å². The van der Waals surface area contributed by atoms with Crippen LogP contribution in [0.2, 0.25) is 0 Å². The molecule has 16 heavy (non-hydrogen) atoms. The fourth-order valence-corrected chi connectivity index (χ4v) is 2.49. The molecule has 0 radical (unpaired) electrons. The Morgan fingerprint density at radius 2 is 1.75 bits per heavy atom. The number of aliphatic hydroxyl groups is 1. The molecule has 0 aromatic rings. The van der Waals surface area contributed by atoms with Crippen LogP contribution in [0.5, 0.6) is 0 Å². The van der Waals surface area contributed by atoms with Gasteiger partial charge in [-0.15, -0.1) is 0 Å². The van der Waals surface area contributed by atoms with Crippen LogP contribution in [-0.2, 0) is 4.74 Å². The van der Waals surface area contributed by atoms with E-state index in [2.05, 4.69) is 27.7 Å². The van der Waals surface area contributed by atoms with Gasteiger partial charge in [0.25, 0.3) is 0 Å². The van der Waals surface area contributed by atoms with E-state index in [4.69, 9.17) is 4.74 Å². The summed E-state index contributed by atoms with van der Waals surface area (Å²) in [7, 11) is 1.76. The Kier molecular flexibility index (Phi) is 8.96. The fraction of sp³-hybridized carbons (Fsp3) is 1.00. The van der Waals surface area contributed by atoms with Crippen molar-refractivity contribution in [1.29, 1.82) is 0 Å². The largest absolute Gasteiger partial charge is 0.396 e. The average Bonchev–Trinajstić information content (AvgIpc) is 2.23. The summed E-state index contributed by atoms with van der Waals surface area (Å²) in [5.74, 6) is 2.32. The Morgan fingerprint density at radius 1 is 1.12 bits per heavy atom. The summed E-state index contributed by atoms with van der Waals surface area (Å²) in [4.78, 5) is 0. The topological polar surface area (TPSA) is 29.5 Å². The maximum absolute atomic E-state index is 9.44. The summed E-state index contributed by atoms with van der Waals surface area (Å²) >= 11 is 0. The van der Waals surface area contributed by atoms with Crippen molar-refractivity contribution in [1.82, 2.24) is 0 Å². The lowest BCUT2D eigenvalue weighted by atomic mass is 9.79. The predicted octanol–water partition coefficient (Wildman–Crippen LogP) is 3.34. The molecule has 0 rings (SSSR count). The summed E-state index contributed by atoms with van der Waals surface area (Å²) in [6, 6.07) is 0. The van der Waals surface area contributed by atoms with Crippen LogP contribution in [0.4, 0.5) is 0 Å². The highest BCUT2D eigenvalue weighted by molar-refractivity contribution is 4.72. The van der Waals surface area contributed by atoms with Crippen LogP contribution in [0.3, 0.4) is 0 Å². The molecule has 98 valence electrons. The highest BCUT2D eigenvalue weighted by Gasteiger charge is 2.22. The molecule has 1 N–H and O–H groups in total. The molecule has 2 heteroatoms. The van der Waals surface area contributed by atoms with E-state index in [1.165, 1.54) is 19.3 Å². The van der Waals surface area contributed by atoms with Crippen molar-refractivity contribution in [3.63, 3.8) is 0 Å². The molecule has 0 bridgehead atoms. The predicted molar refractivity (Wildman–Crippen MR) is 69.5 cm³/mol. The van der Waals surface area contributed by atoms with Crippen molar-refractivity contribution < 1.29 is 9.84 Å². The molecule has 0 aliphatic heterocycles. The van der Waals surface area contributed by atoms with Crippen molar-refractivity contribution in [3.05, 3.63) is 0 Å². The standard InChI is InChI=1S/C14H30O2/c1-6-13(14(9-15)11(2)3)8-7-12(4)10-16-5/h11-15H,6-10H2,1-5H3/t12?,13-,14+/m1/s1. The first kappa shape index (κ1) is 15.9. The highest BCUT2D eigenvalue weighted by Crippen LogP contribution is 2.28. The normalized spacial score (nSPS) is 17.4. The average molecular weight is 230 g/mol. The maximum atomic E-state index is 9.44. The summed E-state index contributed by atoms with van der Waals surface area (Å²) in [5, 5.41) is 9.44. The first-order valence-corrected chi connectivity index (χ1v) is 6.66. The van der Waals surface area contributed by atoms with Gasteiger partial charge in [-0.3, -0.25) is 0 Å². The first-order valence-electron chi connectivity index (χ1n) is 6.66. The zero-order chi connectivity index (χ0) is 12.6. The van der Waals surface area contributed by atoms with E-state index >= 15 is 0 Å². The zero-order valence-corrected chi connectivity index (χ0v) is 11.7. The van der Waals surface area contributed by atoms with E-state index in [-0.39, 0.29) is 0 Å². The lowest BCUT2D eigenvalue weighted by Gasteiger charge is -2.28. The third-order valence-corrected chi connectivity index (χ3v) is 3.68. The number of hydrogen-bond donors (Lipinski definition) is 1. The number of hydrogen-bond acceptors (Lipinski definition) is 2. The van der Waals surface area contributed by atoms with Crippen molar-refractivity contribution in [2.24, 2.45) is 23.7 Å². The third kappa shape index (κ3) is 5.86. The van der Waals surface area contributed by atoms with Crippen LogP contribution in [-0.4, -0.2) is 25.4 Å². The number of aliphatic hydroxyl groups excluding tert-OH is 1. The van der Waals surface area contributed by atoms with Crippen LogP contribution in [0.15, 0.2) is 0 Å². The number of methoxy groups -OCH3 is 1. The molecular weight excluding hydrogens is 200 g/mol. The summed E-state index contributed by atoms with van der Waals surface area (Å²) in [6.45, 7) is 10.1. The van der Waals surface area contributed by atoms with Crippen molar-refractivity contribution >= 4 is 0 Å². The molecule has 0 saturated carbocycles. The minimum absolute atomic E-state index is 0.328. The minimum atomic E-state index is 0.328. The zero-order valence-electron chi connectivity index (χ0n) is 11.7. The van der Waals surface area contributed by atoms with E-state index in [0.717, 1.165) is 6.61 Å². The lowest BCUT2D eigenvalue weighted by Crippen LogP contribution is -2.24. The monoisotopic (exact) mass is 230 g/mol. The number of rotatable bonds is 9. The van der Waals surface area contributed by atoms with E-state index in [1.807, 2.05) is 0 Å². The maximum Gasteiger partial charge on any atom is 0.0487 e. The van der Waals surface area contributed by atoms with Crippen LogP contribution < -0.4 is 0 Å². The molecule has 0 heterocycles. The van der Waals surface area contributed by atoms with Gasteiger partial charge in [-0.1, -0.05) is 34.1 Å². The lowest BCUT2D eigenvalue weighted by molar-refractivity contribution is 0.112. The second kappa shape index (κ2) is 9.00. The molecule has 0 amide bonds. The summed E-state index contributed by atoms with van der Waals surface area (Å²) in [5.41, 5.74) is 0. The molecule has 0 aliphatic carbocycles. The van der Waals surface area contributed by atoms with Gasteiger partial charge in [0.2, 0.25) is 0 Å². The summed E-state index contributed by atoms with van der Waals surface area (Å²) in [6.07, 6.45) is 3.59. The van der Waals surface area contributed by atoms with Gasteiger partial charge < -0.3 is 9.84 Å². The third-order valence-electron chi connectivity index (χ3n) is 3.68. The molecule has 3 atom stereocenters. The molecule has 0 spiro atoms. The van der Waals surface area contributed by atoms with Crippen molar-refractivity contribution in [2.75, 3.05) is 20.3 Å². The van der Waals surface area contributed by atoms with Gasteiger partial charge in [0, 0.05) is 20.3 Å². The van der Waals surface area contributed by atoms with E-state index < -0.39 is 0 Å². The SMILES string of the molecule is CC[C@H](CCC(C)COC)[C@@H](CO)C(C)C. The van der Waals surface area contributed by atoms with Gasteiger partial charge >= 0.3 is 0 Å². The molecular formula is C14H30O2. The van der Waals surface area contributed by atoms with E-state index in [1.54, 1.807) is 7.11 Å². The molecule has 2 nitrogen and oxygen atoms in total. The second-order valence-electron chi connectivity index (χ2n) is 5.40.